The molecule has 116 valence electrons. The quantitative estimate of drug-likeness (QED) is 0.491. The van der Waals surface area contributed by atoms with E-state index in [1.807, 2.05) is 38.1 Å². The minimum Gasteiger partial charge on any atom is -0.591 e. The summed E-state index contributed by atoms with van der Waals surface area (Å²) >= 11 is 0. The maximum absolute atomic E-state index is 10.6. The molecular formula is C16H18BaO4P2+2. The number of hydrogen-bond donors (Lipinski definition) is 0. The van der Waals surface area contributed by atoms with Crippen LogP contribution < -0.4 is 20.4 Å². The maximum Gasteiger partial charge on any atom is 2.00 e. The summed E-state index contributed by atoms with van der Waals surface area (Å²) in [6.45, 7) is 7.34. The first-order valence-electron chi connectivity index (χ1n) is 6.65. The molecule has 2 rings (SSSR count). The van der Waals surface area contributed by atoms with Gasteiger partial charge in [-0.1, -0.05) is 33.4 Å². The second-order valence-corrected chi connectivity index (χ2v) is 7.09. The molecule has 0 aliphatic rings. The molecule has 0 saturated heterocycles. The van der Waals surface area contributed by atoms with Crippen LogP contribution in [0.2, 0.25) is 0 Å². The van der Waals surface area contributed by atoms with Crippen LogP contribution in [0.3, 0.4) is 0 Å². The van der Waals surface area contributed by atoms with Crippen molar-refractivity contribution >= 4 is 75.5 Å². The molecule has 0 N–H and O–H groups in total. The van der Waals surface area contributed by atoms with Gasteiger partial charge in [0.1, 0.15) is 0 Å². The summed E-state index contributed by atoms with van der Waals surface area (Å²) in [6, 6.07) is 10.8. The monoisotopic (exact) mass is 474 g/mol. The van der Waals surface area contributed by atoms with Crippen molar-refractivity contribution < 1.29 is 18.9 Å². The van der Waals surface area contributed by atoms with Crippen LogP contribution in [-0.2, 0) is 9.13 Å². The zero-order chi connectivity index (χ0) is 16.9. The van der Waals surface area contributed by atoms with Crippen LogP contribution in [0.1, 0.15) is 22.3 Å². The molecule has 2 atom stereocenters. The van der Waals surface area contributed by atoms with Gasteiger partial charge in [-0.25, -0.2) is 0 Å². The van der Waals surface area contributed by atoms with E-state index in [1.54, 1.807) is 26.0 Å². The molecule has 2 aromatic carbocycles. The Bertz CT molecular complexity index is 656. The largest absolute Gasteiger partial charge is 2.00 e. The molecule has 2 aromatic rings. The predicted molar refractivity (Wildman–Crippen MR) is 92.1 cm³/mol. The minimum atomic E-state index is -2.43. The van der Waals surface area contributed by atoms with E-state index < -0.39 is 16.1 Å². The molecule has 0 bridgehead atoms. The Morgan fingerprint density at radius 3 is 1.22 bits per heavy atom. The molecule has 0 saturated carbocycles. The average Bonchev–Trinajstić information content (AvgIpc) is 2.44. The first-order chi connectivity index (χ1) is 10.2. The molecular weight excluding hydrogens is 455 g/mol. The van der Waals surface area contributed by atoms with Gasteiger partial charge in [0.25, 0.3) is 0 Å². The van der Waals surface area contributed by atoms with Crippen molar-refractivity contribution in [1.29, 1.82) is 0 Å². The molecule has 0 fully saturated rings. The summed E-state index contributed by atoms with van der Waals surface area (Å²) in [4.78, 5) is 21.2. The van der Waals surface area contributed by atoms with Crippen molar-refractivity contribution in [2.75, 3.05) is 0 Å². The average molecular weight is 474 g/mol. The van der Waals surface area contributed by atoms with Gasteiger partial charge in [0.2, 0.25) is 0 Å². The molecule has 2 unspecified atom stereocenters. The predicted octanol–water partition coefficient (Wildman–Crippen LogP) is 1.68. The van der Waals surface area contributed by atoms with Crippen LogP contribution in [-0.4, -0.2) is 48.9 Å². The first-order valence-corrected chi connectivity index (χ1v) is 9.01. The third kappa shape index (κ3) is 7.70. The second-order valence-electron chi connectivity index (χ2n) is 5.09. The second kappa shape index (κ2) is 10.9. The smallest absolute Gasteiger partial charge is 0.591 e. The van der Waals surface area contributed by atoms with Crippen LogP contribution in [0.5, 0.6) is 0 Å². The maximum atomic E-state index is 10.6. The van der Waals surface area contributed by atoms with Crippen LogP contribution in [0.15, 0.2) is 36.4 Å². The van der Waals surface area contributed by atoms with E-state index in [0.29, 0.717) is 10.6 Å². The van der Waals surface area contributed by atoms with E-state index in [4.69, 9.17) is 0 Å². The Morgan fingerprint density at radius 2 is 1.00 bits per heavy atom. The summed E-state index contributed by atoms with van der Waals surface area (Å²) < 4.78 is 21.2. The van der Waals surface area contributed by atoms with Crippen LogP contribution >= 0.6 is 16.1 Å². The molecule has 0 aromatic heterocycles. The van der Waals surface area contributed by atoms with Gasteiger partial charge in [-0.15, -0.1) is 0 Å². The third-order valence-electron chi connectivity index (χ3n) is 3.12. The van der Waals surface area contributed by atoms with Crippen LogP contribution in [0.25, 0.3) is 0 Å². The molecule has 7 heteroatoms. The third-order valence-corrected chi connectivity index (χ3v) is 4.87. The van der Waals surface area contributed by atoms with Gasteiger partial charge in [-0.2, -0.15) is 0 Å². The van der Waals surface area contributed by atoms with Crippen molar-refractivity contribution in [1.82, 2.24) is 0 Å². The Hall–Kier alpha value is 0.131. The van der Waals surface area contributed by atoms with Gasteiger partial charge in [0, 0.05) is 11.1 Å². The van der Waals surface area contributed by atoms with E-state index in [-0.39, 0.29) is 48.9 Å². The zero-order valence-corrected chi connectivity index (χ0v) is 19.9. The molecule has 0 aliphatic heterocycles. The molecule has 0 spiro atoms. The summed E-state index contributed by atoms with van der Waals surface area (Å²) in [7, 11) is -4.87. The topological polar surface area (TPSA) is 80.3 Å². The molecule has 0 amide bonds. The van der Waals surface area contributed by atoms with Crippen LogP contribution in [0.4, 0.5) is 0 Å². The van der Waals surface area contributed by atoms with Crippen molar-refractivity contribution in [3.8, 4) is 0 Å². The van der Waals surface area contributed by atoms with Gasteiger partial charge in [-0.3, -0.25) is 0 Å². The number of hydrogen-bond acceptors (Lipinski definition) is 4. The number of rotatable bonds is 2. The normalized spacial score (nSPS) is 10.9. The van der Waals surface area contributed by atoms with E-state index >= 15 is 0 Å². The number of benzene rings is 2. The van der Waals surface area contributed by atoms with Gasteiger partial charge >= 0.3 is 64.9 Å². The fraction of sp³-hybridized carbons (Fsp3) is 0.250. The summed E-state index contributed by atoms with van der Waals surface area (Å²) in [5.41, 5.74) is 3.58. The van der Waals surface area contributed by atoms with Crippen molar-refractivity contribution in [2.45, 2.75) is 27.7 Å². The van der Waals surface area contributed by atoms with Crippen molar-refractivity contribution in [3.63, 3.8) is 0 Å². The minimum absolute atomic E-state index is 0. The standard InChI is InChI=1S/2C8H9O2P.Ba/c2*1-6-3-4-7(2)8(5-6)11(9)10;/h2*3-5H,1-2H3;/q;;+2. The summed E-state index contributed by atoms with van der Waals surface area (Å²) in [6.07, 6.45) is 0. The molecule has 0 heterocycles. The molecule has 0 aliphatic carbocycles. The van der Waals surface area contributed by atoms with Gasteiger partial charge in [0.05, 0.1) is 0 Å². The Labute approximate surface area is 179 Å². The van der Waals surface area contributed by atoms with E-state index in [9.17, 15) is 18.9 Å². The van der Waals surface area contributed by atoms with E-state index in [1.165, 1.54) is 0 Å². The number of aryl methyl sites for hydroxylation is 4. The van der Waals surface area contributed by atoms with E-state index in [2.05, 4.69) is 0 Å². The van der Waals surface area contributed by atoms with Crippen molar-refractivity contribution in [3.05, 3.63) is 58.7 Å². The zero-order valence-electron chi connectivity index (χ0n) is 13.7. The molecule has 0 radical (unpaired) electrons. The van der Waals surface area contributed by atoms with Gasteiger partial charge in [-0.05, 0) is 51.0 Å². The summed E-state index contributed by atoms with van der Waals surface area (Å²) in [5, 5.41) is 0.861. The first kappa shape index (κ1) is 23.1. The Kier molecular flexibility index (Phi) is 10.9. The molecule has 4 nitrogen and oxygen atoms in total. The van der Waals surface area contributed by atoms with Gasteiger partial charge in [0.15, 0.2) is 10.6 Å². The van der Waals surface area contributed by atoms with Crippen LogP contribution in [0, 0.1) is 27.7 Å². The van der Waals surface area contributed by atoms with Gasteiger partial charge < -0.3 is 9.79 Å². The summed E-state index contributed by atoms with van der Waals surface area (Å²) in [5.74, 6) is 0. The fourth-order valence-corrected chi connectivity index (χ4v) is 3.18. The SMILES string of the molecule is Cc1ccc(C)c([P+](=O)[O-])c1.Cc1ccc(C)c([P+](=O)[O-])c1.[Ba+2]. The van der Waals surface area contributed by atoms with E-state index in [0.717, 1.165) is 22.3 Å². The fourth-order valence-electron chi connectivity index (χ4n) is 1.83. The Balaban J connectivity index is 0.000000403. The molecule has 23 heavy (non-hydrogen) atoms. The van der Waals surface area contributed by atoms with Crippen molar-refractivity contribution in [2.24, 2.45) is 0 Å². The Morgan fingerprint density at radius 1 is 0.696 bits per heavy atom.